The molecular formula is C29H32F2N2O3. The summed E-state index contributed by atoms with van der Waals surface area (Å²) in [6.07, 6.45) is 2.21. The molecule has 0 heterocycles. The molecule has 3 aromatic rings. The summed E-state index contributed by atoms with van der Waals surface area (Å²) in [7, 11) is 0. The number of para-hydroxylation sites is 1. The van der Waals surface area contributed by atoms with Crippen molar-refractivity contribution in [3.8, 4) is 5.75 Å². The van der Waals surface area contributed by atoms with E-state index < -0.39 is 29.9 Å². The van der Waals surface area contributed by atoms with Gasteiger partial charge < -0.3 is 20.5 Å². The van der Waals surface area contributed by atoms with Crippen molar-refractivity contribution in [2.45, 2.75) is 57.2 Å². The molecule has 0 aliphatic heterocycles. The Morgan fingerprint density at radius 2 is 1.81 bits per heavy atom. The molecule has 0 radical (unpaired) electrons. The fraction of sp³-hybridized carbons (Fsp3) is 0.345. The largest absolute Gasteiger partial charge is 0.412 e. The van der Waals surface area contributed by atoms with E-state index in [1.54, 1.807) is 30.3 Å². The molecule has 5 nitrogen and oxygen atoms in total. The number of carbonyl (C=O) groups excluding carboxylic acids is 1. The number of benzene rings is 3. The van der Waals surface area contributed by atoms with Gasteiger partial charge in [0.1, 0.15) is 17.4 Å². The molecule has 0 fully saturated rings. The molecule has 0 spiro atoms. The van der Waals surface area contributed by atoms with Crippen LogP contribution >= 0.6 is 0 Å². The number of ether oxygens (including phenoxy) is 1. The van der Waals surface area contributed by atoms with Gasteiger partial charge in [-0.25, -0.2) is 13.6 Å². The monoisotopic (exact) mass is 494 g/mol. The van der Waals surface area contributed by atoms with E-state index in [2.05, 4.69) is 35.8 Å². The normalized spacial score (nSPS) is 16.6. The molecule has 1 aliphatic rings. The van der Waals surface area contributed by atoms with Crippen LogP contribution in [0.1, 0.15) is 48.1 Å². The second kappa shape index (κ2) is 12.1. The third-order valence-electron chi connectivity index (χ3n) is 6.61. The number of aliphatic hydroxyl groups excluding tert-OH is 1. The summed E-state index contributed by atoms with van der Waals surface area (Å²) in [5, 5.41) is 17.2. The first-order valence-corrected chi connectivity index (χ1v) is 12.4. The summed E-state index contributed by atoms with van der Waals surface area (Å²) in [4.78, 5) is 12.6. The lowest BCUT2D eigenvalue weighted by molar-refractivity contribution is 0.115. The predicted molar refractivity (Wildman–Crippen MR) is 135 cm³/mol. The maximum Gasteiger partial charge on any atom is 0.412 e. The molecule has 0 aromatic heterocycles. The number of halogens is 2. The van der Waals surface area contributed by atoms with Gasteiger partial charge >= 0.3 is 6.09 Å². The number of aliphatic hydroxyl groups is 1. The molecule has 3 aromatic carbocycles. The zero-order valence-electron chi connectivity index (χ0n) is 20.3. The smallest absolute Gasteiger partial charge is 0.410 e. The molecule has 3 N–H and O–H groups in total. The first-order valence-electron chi connectivity index (χ1n) is 12.4. The highest BCUT2D eigenvalue weighted by molar-refractivity contribution is 5.70. The van der Waals surface area contributed by atoms with Crippen molar-refractivity contribution in [3.05, 3.63) is 101 Å². The summed E-state index contributed by atoms with van der Waals surface area (Å²) >= 11 is 0. The molecule has 0 bridgehead atoms. The highest BCUT2D eigenvalue weighted by atomic mass is 19.1. The Balaban J connectivity index is 1.47. The maximum atomic E-state index is 13.8. The van der Waals surface area contributed by atoms with Crippen molar-refractivity contribution in [2.75, 3.05) is 6.54 Å². The van der Waals surface area contributed by atoms with Crippen molar-refractivity contribution in [2.24, 2.45) is 0 Å². The summed E-state index contributed by atoms with van der Waals surface area (Å²) in [5.41, 5.74) is 4.14. The predicted octanol–water partition coefficient (Wildman–Crippen LogP) is 5.26. The van der Waals surface area contributed by atoms with E-state index >= 15 is 0 Å². The minimum atomic E-state index is -1.03. The van der Waals surface area contributed by atoms with E-state index in [-0.39, 0.29) is 19.0 Å². The lowest BCUT2D eigenvalue weighted by Crippen LogP contribution is -2.50. The van der Waals surface area contributed by atoms with Crippen LogP contribution in [-0.2, 0) is 19.3 Å². The van der Waals surface area contributed by atoms with E-state index in [1.165, 1.54) is 28.8 Å². The second-order valence-corrected chi connectivity index (χ2v) is 9.24. The average molecular weight is 495 g/mol. The highest BCUT2D eigenvalue weighted by Crippen LogP contribution is 2.30. The second-order valence-electron chi connectivity index (χ2n) is 9.24. The number of nitrogens with one attached hydrogen (secondary N) is 2. The van der Waals surface area contributed by atoms with Gasteiger partial charge in [-0.2, -0.15) is 0 Å². The molecule has 1 unspecified atom stereocenters. The van der Waals surface area contributed by atoms with E-state index in [9.17, 15) is 18.7 Å². The molecule has 190 valence electrons. The number of carbonyl (C=O) groups is 1. The number of hydrogen-bond acceptors (Lipinski definition) is 4. The van der Waals surface area contributed by atoms with Gasteiger partial charge in [0.05, 0.1) is 12.1 Å². The Labute approximate surface area is 210 Å². The lowest BCUT2D eigenvalue weighted by Gasteiger charge is -2.30. The van der Waals surface area contributed by atoms with Gasteiger partial charge in [-0.3, -0.25) is 0 Å². The molecule has 1 amide bonds. The third kappa shape index (κ3) is 6.89. The van der Waals surface area contributed by atoms with Gasteiger partial charge in [-0.05, 0) is 78.6 Å². The molecular weight excluding hydrogens is 462 g/mol. The molecule has 0 saturated heterocycles. The number of amides is 1. The Bertz CT molecular complexity index is 1150. The van der Waals surface area contributed by atoms with E-state index in [1.807, 2.05) is 0 Å². The van der Waals surface area contributed by atoms with Crippen LogP contribution in [0.2, 0.25) is 0 Å². The fourth-order valence-corrected chi connectivity index (χ4v) is 4.73. The van der Waals surface area contributed by atoms with Crippen LogP contribution in [-0.4, -0.2) is 29.9 Å². The zero-order chi connectivity index (χ0) is 25.5. The lowest BCUT2D eigenvalue weighted by atomic mass is 9.86. The van der Waals surface area contributed by atoms with Crippen LogP contribution in [0.25, 0.3) is 0 Å². The molecule has 4 rings (SSSR count). The molecule has 0 saturated carbocycles. The van der Waals surface area contributed by atoms with Crippen LogP contribution in [0, 0.1) is 11.6 Å². The van der Waals surface area contributed by atoms with Crippen molar-refractivity contribution in [1.82, 2.24) is 10.6 Å². The molecule has 7 heteroatoms. The summed E-state index contributed by atoms with van der Waals surface area (Å²) in [6, 6.07) is 17.5. The minimum absolute atomic E-state index is 0.0304. The Kier molecular flexibility index (Phi) is 8.67. The quantitative estimate of drug-likeness (QED) is 0.380. The standard InChI is InChI=1S/C29H32F2N2O3/c1-2-19-11-12-21-7-6-10-26(25(21)15-19)32-18-28(34)27(16-20-13-22(30)17-23(31)14-20)33-29(35)36-24-8-4-3-5-9-24/h3-5,8-9,11-15,17,26-28,32,34H,2,6-7,10,16,18H2,1H3,(H,33,35)/t26?,27-,28+/m0/s1. The Morgan fingerprint density at radius 1 is 1.06 bits per heavy atom. The fourth-order valence-electron chi connectivity index (χ4n) is 4.73. The van der Waals surface area contributed by atoms with Crippen molar-refractivity contribution in [3.63, 3.8) is 0 Å². The Hall–Kier alpha value is -3.29. The van der Waals surface area contributed by atoms with Crippen LogP contribution in [0.3, 0.4) is 0 Å². The van der Waals surface area contributed by atoms with Crippen LogP contribution in [0.15, 0.2) is 66.7 Å². The average Bonchev–Trinajstić information content (AvgIpc) is 2.86. The summed E-state index contributed by atoms with van der Waals surface area (Å²) < 4.78 is 32.9. The number of fused-ring (bicyclic) bond motifs is 1. The molecule has 36 heavy (non-hydrogen) atoms. The van der Waals surface area contributed by atoms with Crippen LogP contribution in [0.4, 0.5) is 13.6 Å². The number of rotatable bonds is 9. The summed E-state index contributed by atoms with van der Waals surface area (Å²) in [5.74, 6) is -1.08. The van der Waals surface area contributed by atoms with Gasteiger partial charge in [0.2, 0.25) is 0 Å². The SMILES string of the molecule is CCc1ccc2c(c1)C(NC[C@@H](O)[C@H](Cc1cc(F)cc(F)c1)NC(=O)Oc1ccccc1)CCC2. The molecule has 1 aliphatic carbocycles. The van der Waals surface area contributed by atoms with Crippen LogP contribution < -0.4 is 15.4 Å². The van der Waals surface area contributed by atoms with Crippen molar-refractivity contribution in [1.29, 1.82) is 0 Å². The van der Waals surface area contributed by atoms with Gasteiger partial charge in [0.15, 0.2) is 0 Å². The van der Waals surface area contributed by atoms with Crippen molar-refractivity contribution < 1.29 is 23.4 Å². The first kappa shape index (κ1) is 25.8. The zero-order valence-corrected chi connectivity index (χ0v) is 20.3. The van der Waals surface area contributed by atoms with E-state index in [0.717, 1.165) is 31.7 Å². The van der Waals surface area contributed by atoms with E-state index in [4.69, 9.17) is 4.74 Å². The molecule has 3 atom stereocenters. The Morgan fingerprint density at radius 3 is 2.53 bits per heavy atom. The summed E-state index contributed by atoms with van der Waals surface area (Å²) in [6.45, 7) is 2.31. The topological polar surface area (TPSA) is 70.6 Å². The first-order chi connectivity index (χ1) is 17.4. The minimum Gasteiger partial charge on any atom is -0.410 e. The van der Waals surface area contributed by atoms with Crippen molar-refractivity contribution >= 4 is 6.09 Å². The van der Waals surface area contributed by atoms with Gasteiger partial charge in [0.25, 0.3) is 0 Å². The number of aryl methyl sites for hydroxylation is 2. The van der Waals surface area contributed by atoms with Gasteiger partial charge in [-0.1, -0.05) is 43.3 Å². The van der Waals surface area contributed by atoms with Gasteiger partial charge in [-0.15, -0.1) is 0 Å². The van der Waals surface area contributed by atoms with E-state index in [0.29, 0.717) is 11.3 Å². The highest BCUT2D eigenvalue weighted by Gasteiger charge is 2.26. The number of hydrogen-bond donors (Lipinski definition) is 3. The maximum absolute atomic E-state index is 13.8. The third-order valence-corrected chi connectivity index (χ3v) is 6.61. The van der Waals surface area contributed by atoms with Gasteiger partial charge in [0, 0.05) is 18.7 Å². The van der Waals surface area contributed by atoms with Crippen LogP contribution in [0.5, 0.6) is 5.75 Å².